The molecule has 0 spiro atoms. The SMILES string of the molecule is CC(C)(C)C1CCCN(C2CCCNC2)CC1. The Morgan fingerprint density at radius 1 is 1.00 bits per heavy atom. The van der Waals surface area contributed by atoms with Gasteiger partial charge >= 0.3 is 0 Å². The van der Waals surface area contributed by atoms with Crippen LogP contribution in [-0.4, -0.2) is 37.1 Å². The number of nitrogens with zero attached hydrogens (tertiary/aromatic N) is 1. The van der Waals surface area contributed by atoms with E-state index in [4.69, 9.17) is 0 Å². The molecule has 2 heterocycles. The fraction of sp³-hybridized carbons (Fsp3) is 1.00. The minimum absolute atomic E-state index is 0.501. The Morgan fingerprint density at radius 3 is 2.47 bits per heavy atom. The number of rotatable bonds is 1. The first kappa shape index (κ1) is 13.4. The summed E-state index contributed by atoms with van der Waals surface area (Å²) in [7, 11) is 0. The highest BCUT2D eigenvalue weighted by Crippen LogP contribution is 2.34. The summed E-state index contributed by atoms with van der Waals surface area (Å²) in [6.45, 7) is 12.4. The molecule has 2 rings (SSSR count). The number of hydrogen-bond acceptors (Lipinski definition) is 2. The lowest BCUT2D eigenvalue weighted by Crippen LogP contribution is -2.46. The van der Waals surface area contributed by atoms with E-state index in [-0.39, 0.29) is 0 Å². The summed E-state index contributed by atoms with van der Waals surface area (Å²) in [6, 6.07) is 0.822. The highest BCUT2D eigenvalue weighted by Gasteiger charge is 2.29. The molecule has 2 unspecified atom stereocenters. The molecule has 2 aliphatic heterocycles. The van der Waals surface area contributed by atoms with E-state index in [1.165, 1.54) is 58.3 Å². The second-order valence-electron chi connectivity index (χ2n) is 7.03. The lowest BCUT2D eigenvalue weighted by atomic mass is 9.77. The number of piperidine rings is 1. The monoisotopic (exact) mass is 238 g/mol. The molecule has 2 saturated heterocycles. The van der Waals surface area contributed by atoms with E-state index in [0.29, 0.717) is 5.41 Å². The molecule has 1 N–H and O–H groups in total. The maximum atomic E-state index is 3.55. The van der Waals surface area contributed by atoms with Crippen molar-refractivity contribution in [2.45, 2.75) is 58.9 Å². The van der Waals surface area contributed by atoms with E-state index in [9.17, 15) is 0 Å². The van der Waals surface area contributed by atoms with Crippen molar-refractivity contribution in [1.82, 2.24) is 10.2 Å². The van der Waals surface area contributed by atoms with Crippen LogP contribution >= 0.6 is 0 Å². The molecule has 0 aromatic carbocycles. The summed E-state index contributed by atoms with van der Waals surface area (Å²) in [5.74, 6) is 0.920. The summed E-state index contributed by atoms with van der Waals surface area (Å²) >= 11 is 0. The lowest BCUT2D eigenvalue weighted by molar-refractivity contribution is 0.160. The van der Waals surface area contributed by atoms with Crippen LogP contribution in [0.1, 0.15) is 52.9 Å². The van der Waals surface area contributed by atoms with Crippen LogP contribution in [0.2, 0.25) is 0 Å². The molecule has 0 amide bonds. The summed E-state index contributed by atoms with van der Waals surface area (Å²) in [6.07, 6.45) is 7.01. The molecule has 0 aromatic rings. The van der Waals surface area contributed by atoms with Gasteiger partial charge in [-0.3, -0.25) is 4.90 Å². The van der Waals surface area contributed by atoms with Crippen LogP contribution in [0.4, 0.5) is 0 Å². The molecule has 2 fully saturated rings. The third kappa shape index (κ3) is 3.69. The average molecular weight is 238 g/mol. The molecule has 0 aliphatic carbocycles. The zero-order valence-electron chi connectivity index (χ0n) is 12.0. The molecule has 0 aromatic heterocycles. The third-order valence-electron chi connectivity index (χ3n) is 4.77. The van der Waals surface area contributed by atoms with Crippen LogP contribution in [0.25, 0.3) is 0 Å². The minimum atomic E-state index is 0.501. The van der Waals surface area contributed by atoms with E-state index in [1.807, 2.05) is 0 Å². The number of hydrogen-bond donors (Lipinski definition) is 1. The Bertz CT molecular complexity index is 226. The summed E-state index contributed by atoms with van der Waals surface area (Å²) in [5, 5.41) is 3.55. The standard InChI is InChI=1S/C15H30N2/c1-15(2,3)13-6-5-10-17(11-8-13)14-7-4-9-16-12-14/h13-14,16H,4-12H2,1-3H3. The van der Waals surface area contributed by atoms with Gasteiger partial charge in [-0.05, 0) is 63.1 Å². The highest BCUT2D eigenvalue weighted by molar-refractivity contribution is 4.84. The first-order valence-corrected chi connectivity index (χ1v) is 7.52. The van der Waals surface area contributed by atoms with Crippen molar-refractivity contribution in [3.8, 4) is 0 Å². The van der Waals surface area contributed by atoms with E-state index >= 15 is 0 Å². The van der Waals surface area contributed by atoms with Gasteiger partial charge in [0.15, 0.2) is 0 Å². The second-order valence-corrected chi connectivity index (χ2v) is 7.03. The first-order valence-electron chi connectivity index (χ1n) is 7.52. The van der Waals surface area contributed by atoms with Gasteiger partial charge in [-0.25, -0.2) is 0 Å². The van der Waals surface area contributed by atoms with E-state index in [0.717, 1.165) is 12.0 Å². The van der Waals surface area contributed by atoms with Gasteiger partial charge in [0.25, 0.3) is 0 Å². The van der Waals surface area contributed by atoms with Gasteiger partial charge in [0, 0.05) is 12.6 Å². The molecule has 0 saturated carbocycles. The molecule has 2 atom stereocenters. The molecule has 2 nitrogen and oxygen atoms in total. The molecule has 17 heavy (non-hydrogen) atoms. The van der Waals surface area contributed by atoms with Crippen LogP contribution < -0.4 is 5.32 Å². The van der Waals surface area contributed by atoms with Crippen LogP contribution in [-0.2, 0) is 0 Å². The molecule has 0 bridgehead atoms. The molecule has 2 aliphatic rings. The predicted octanol–water partition coefficient (Wildman–Crippen LogP) is 2.89. The maximum absolute atomic E-state index is 3.55. The second kappa shape index (κ2) is 5.71. The van der Waals surface area contributed by atoms with Crippen LogP contribution in [0.15, 0.2) is 0 Å². The van der Waals surface area contributed by atoms with E-state index in [1.54, 1.807) is 0 Å². The van der Waals surface area contributed by atoms with E-state index < -0.39 is 0 Å². The highest BCUT2D eigenvalue weighted by atomic mass is 15.2. The van der Waals surface area contributed by atoms with Crippen molar-refractivity contribution in [3.05, 3.63) is 0 Å². The lowest BCUT2D eigenvalue weighted by Gasteiger charge is -2.34. The van der Waals surface area contributed by atoms with Gasteiger partial charge in [-0.1, -0.05) is 20.8 Å². The van der Waals surface area contributed by atoms with Crippen LogP contribution in [0, 0.1) is 11.3 Å². The van der Waals surface area contributed by atoms with Crippen molar-refractivity contribution in [2.75, 3.05) is 26.2 Å². The topological polar surface area (TPSA) is 15.3 Å². The smallest absolute Gasteiger partial charge is 0.0221 e. The van der Waals surface area contributed by atoms with Crippen LogP contribution in [0.5, 0.6) is 0 Å². The minimum Gasteiger partial charge on any atom is -0.315 e. The zero-order chi connectivity index (χ0) is 12.3. The Morgan fingerprint density at radius 2 is 1.82 bits per heavy atom. The Labute approximate surface area is 107 Å². The van der Waals surface area contributed by atoms with Gasteiger partial charge in [-0.15, -0.1) is 0 Å². The fourth-order valence-corrected chi connectivity index (χ4v) is 3.49. The van der Waals surface area contributed by atoms with Crippen molar-refractivity contribution in [2.24, 2.45) is 11.3 Å². The normalized spacial score (nSPS) is 33.4. The fourth-order valence-electron chi connectivity index (χ4n) is 3.49. The Kier molecular flexibility index (Phi) is 4.48. The first-order chi connectivity index (χ1) is 8.07. The number of nitrogens with one attached hydrogen (secondary N) is 1. The molecule has 100 valence electrons. The van der Waals surface area contributed by atoms with Gasteiger partial charge in [0.2, 0.25) is 0 Å². The van der Waals surface area contributed by atoms with Crippen molar-refractivity contribution in [1.29, 1.82) is 0 Å². The quantitative estimate of drug-likeness (QED) is 0.755. The average Bonchev–Trinajstić information content (AvgIpc) is 2.55. The van der Waals surface area contributed by atoms with Crippen molar-refractivity contribution in [3.63, 3.8) is 0 Å². The Balaban J connectivity index is 1.86. The van der Waals surface area contributed by atoms with Gasteiger partial charge in [0.1, 0.15) is 0 Å². The summed E-state index contributed by atoms with van der Waals surface area (Å²) < 4.78 is 0. The van der Waals surface area contributed by atoms with Gasteiger partial charge < -0.3 is 5.32 Å². The summed E-state index contributed by atoms with van der Waals surface area (Å²) in [5.41, 5.74) is 0.501. The third-order valence-corrected chi connectivity index (χ3v) is 4.77. The molecule has 2 heteroatoms. The molecular formula is C15H30N2. The maximum Gasteiger partial charge on any atom is 0.0221 e. The van der Waals surface area contributed by atoms with Gasteiger partial charge in [0.05, 0.1) is 0 Å². The van der Waals surface area contributed by atoms with E-state index in [2.05, 4.69) is 31.0 Å². The van der Waals surface area contributed by atoms with Crippen molar-refractivity contribution >= 4 is 0 Å². The largest absolute Gasteiger partial charge is 0.315 e. The number of likely N-dealkylation sites (tertiary alicyclic amines) is 1. The predicted molar refractivity (Wildman–Crippen MR) is 74.3 cm³/mol. The van der Waals surface area contributed by atoms with Gasteiger partial charge in [-0.2, -0.15) is 0 Å². The van der Waals surface area contributed by atoms with Crippen LogP contribution in [0.3, 0.4) is 0 Å². The molecular weight excluding hydrogens is 208 g/mol. The Hall–Kier alpha value is -0.0800. The van der Waals surface area contributed by atoms with Crippen molar-refractivity contribution < 1.29 is 0 Å². The summed E-state index contributed by atoms with van der Waals surface area (Å²) in [4.78, 5) is 2.76. The molecule has 0 radical (unpaired) electrons. The zero-order valence-corrected chi connectivity index (χ0v) is 12.0.